The van der Waals surface area contributed by atoms with Crippen LogP contribution in [0.3, 0.4) is 0 Å². The molecule has 92 valence electrons. The summed E-state index contributed by atoms with van der Waals surface area (Å²) in [6.45, 7) is 3.83. The highest BCUT2D eigenvalue weighted by Gasteiger charge is 2.12. The van der Waals surface area contributed by atoms with Crippen LogP contribution in [0.15, 0.2) is 0 Å². The van der Waals surface area contributed by atoms with Gasteiger partial charge in [0.1, 0.15) is 9.84 Å². The molecule has 0 fully saturated rings. The van der Waals surface area contributed by atoms with E-state index in [9.17, 15) is 12.6 Å². The summed E-state index contributed by atoms with van der Waals surface area (Å²) in [6, 6.07) is 0.144. The van der Waals surface area contributed by atoms with E-state index in [4.69, 9.17) is 0 Å². The van der Waals surface area contributed by atoms with Crippen molar-refractivity contribution in [2.75, 3.05) is 24.0 Å². The number of nitrogens with one attached hydrogen (secondary N) is 1. The highest BCUT2D eigenvalue weighted by molar-refractivity contribution is 7.90. The molecule has 1 N–H and O–H groups in total. The summed E-state index contributed by atoms with van der Waals surface area (Å²) in [6.07, 6.45) is 3.71. The molecule has 6 heteroatoms. The van der Waals surface area contributed by atoms with Crippen molar-refractivity contribution < 1.29 is 12.6 Å². The Morgan fingerprint density at radius 1 is 1.27 bits per heavy atom. The SMILES string of the molecule is CC(CCS(C)=O)NC(C)CS(C)(=O)=O. The van der Waals surface area contributed by atoms with Crippen LogP contribution in [-0.4, -0.2) is 48.7 Å². The maximum absolute atomic E-state index is 11.0. The monoisotopic (exact) mass is 255 g/mol. The van der Waals surface area contributed by atoms with Crippen LogP contribution in [0.5, 0.6) is 0 Å². The lowest BCUT2D eigenvalue weighted by atomic mass is 10.2. The summed E-state index contributed by atoms with van der Waals surface area (Å²) in [5.41, 5.74) is 0. The molecular formula is C9H21NO3S2. The normalized spacial score (nSPS) is 18.4. The van der Waals surface area contributed by atoms with Crippen LogP contribution in [0.25, 0.3) is 0 Å². The first-order chi connectivity index (χ1) is 6.70. The van der Waals surface area contributed by atoms with Gasteiger partial charge in [0, 0.05) is 41.1 Å². The second-order valence-electron chi connectivity index (χ2n) is 4.13. The smallest absolute Gasteiger partial charge is 0.148 e. The number of sulfone groups is 1. The molecule has 0 aromatic carbocycles. The molecule has 4 nitrogen and oxygen atoms in total. The standard InChI is InChI=1S/C9H21NO3S2/c1-8(5-6-14(3)11)10-9(2)7-15(4,12)13/h8-10H,5-7H2,1-4H3. The number of hydrogen-bond acceptors (Lipinski definition) is 4. The van der Waals surface area contributed by atoms with Gasteiger partial charge >= 0.3 is 0 Å². The van der Waals surface area contributed by atoms with Gasteiger partial charge in [-0.3, -0.25) is 4.21 Å². The molecule has 3 unspecified atom stereocenters. The lowest BCUT2D eigenvalue weighted by Gasteiger charge is -2.18. The molecule has 3 atom stereocenters. The first kappa shape index (κ1) is 15.1. The fourth-order valence-corrected chi connectivity index (χ4v) is 3.10. The second-order valence-corrected chi connectivity index (χ2v) is 7.87. The topological polar surface area (TPSA) is 63.2 Å². The third-order valence-electron chi connectivity index (χ3n) is 1.96. The Morgan fingerprint density at radius 2 is 1.80 bits per heavy atom. The molecule has 0 saturated carbocycles. The molecule has 0 aromatic rings. The van der Waals surface area contributed by atoms with Gasteiger partial charge in [0.15, 0.2) is 0 Å². The minimum absolute atomic E-state index is 0.0553. The lowest BCUT2D eigenvalue weighted by Crippen LogP contribution is -2.39. The quantitative estimate of drug-likeness (QED) is 0.704. The molecule has 0 aliphatic carbocycles. The van der Waals surface area contributed by atoms with Crippen LogP contribution >= 0.6 is 0 Å². The van der Waals surface area contributed by atoms with Crippen LogP contribution < -0.4 is 5.32 Å². The van der Waals surface area contributed by atoms with E-state index in [0.717, 1.165) is 6.42 Å². The van der Waals surface area contributed by atoms with E-state index in [0.29, 0.717) is 5.75 Å². The van der Waals surface area contributed by atoms with E-state index in [1.165, 1.54) is 6.26 Å². The average molecular weight is 255 g/mol. The fourth-order valence-electron chi connectivity index (χ4n) is 1.41. The summed E-state index contributed by atoms with van der Waals surface area (Å²) in [5.74, 6) is 0.798. The molecule has 0 rings (SSSR count). The Bertz CT molecular complexity index is 300. The van der Waals surface area contributed by atoms with Crippen molar-refractivity contribution in [3.63, 3.8) is 0 Å². The van der Waals surface area contributed by atoms with Gasteiger partial charge in [0.25, 0.3) is 0 Å². The van der Waals surface area contributed by atoms with Crippen molar-refractivity contribution in [3.8, 4) is 0 Å². The summed E-state index contributed by atoms with van der Waals surface area (Å²) in [4.78, 5) is 0. The molecule has 0 aliphatic heterocycles. The van der Waals surface area contributed by atoms with E-state index >= 15 is 0 Å². The zero-order valence-electron chi connectivity index (χ0n) is 9.82. The first-order valence-electron chi connectivity index (χ1n) is 4.94. The van der Waals surface area contributed by atoms with Crippen LogP contribution in [0.2, 0.25) is 0 Å². The Labute approximate surface area is 95.2 Å². The molecule has 0 saturated heterocycles. The van der Waals surface area contributed by atoms with E-state index in [-0.39, 0.29) is 17.8 Å². The zero-order chi connectivity index (χ0) is 12.1. The van der Waals surface area contributed by atoms with Crippen molar-refractivity contribution in [3.05, 3.63) is 0 Å². The van der Waals surface area contributed by atoms with E-state index < -0.39 is 20.6 Å². The molecule has 0 aromatic heterocycles. The molecule has 0 amide bonds. The predicted octanol–water partition coefficient (Wildman–Crippen LogP) is 0.166. The van der Waals surface area contributed by atoms with Gasteiger partial charge < -0.3 is 5.32 Å². The molecular weight excluding hydrogens is 234 g/mol. The van der Waals surface area contributed by atoms with Gasteiger partial charge in [0.2, 0.25) is 0 Å². The minimum atomic E-state index is -2.92. The summed E-state index contributed by atoms with van der Waals surface area (Å²) >= 11 is 0. The maximum atomic E-state index is 11.0. The van der Waals surface area contributed by atoms with Gasteiger partial charge in [-0.25, -0.2) is 8.42 Å². The highest BCUT2D eigenvalue weighted by atomic mass is 32.2. The Kier molecular flexibility index (Phi) is 6.63. The van der Waals surface area contributed by atoms with Crippen molar-refractivity contribution in [1.82, 2.24) is 5.32 Å². The first-order valence-corrected chi connectivity index (χ1v) is 8.73. The highest BCUT2D eigenvalue weighted by Crippen LogP contribution is 1.97. The van der Waals surface area contributed by atoms with E-state index in [1.54, 1.807) is 6.26 Å². The van der Waals surface area contributed by atoms with Crippen molar-refractivity contribution in [2.45, 2.75) is 32.4 Å². The van der Waals surface area contributed by atoms with Crippen LogP contribution in [0, 0.1) is 0 Å². The zero-order valence-corrected chi connectivity index (χ0v) is 11.5. The van der Waals surface area contributed by atoms with Gasteiger partial charge in [-0.2, -0.15) is 0 Å². The largest absolute Gasteiger partial charge is 0.311 e. The summed E-state index contributed by atoms with van der Waals surface area (Å²) < 4.78 is 32.9. The third-order valence-corrected chi connectivity index (χ3v) is 3.88. The molecule has 15 heavy (non-hydrogen) atoms. The minimum Gasteiger partial charge on any atom is -0.311 e. The van der Waals surface area contributed by atoms with Crippen molar-refractivity contribution in [1.29, 1.82) is 0 Å². The molecule has 0 heterocycles. The van der Waals surface area contributed by atoms with Gasteiger partial charge in [-0.05, 0) is 20.3 Å². The Morgan fingerprint density at radius 3 is 2.20 bits per heavy atom. The van der Waals surface area contributed by atoms with Crippen LogP contribution in [-0.2, 0) is 20.6 Å². The number of hydrogen-bond donors (Lipinski definition) is 1. The predicted molar refractivity (Wildman–Crippen MR) is 65.3 cm³/mol. The average Bonchev–Trinajstić information content (AvgIpc) is 1.96. The van der Waals surface area contributed by atoms with Crippen molar-refractivity contribution >= 4 is 20.6 Å². The van der Waals surface area contributed by atoms with Crippen LogP contribution in [0.1, 0.15) is 20.3 Å². The summed E-state index contributed by atoms with van der Waals surface area (Å²) in [7, 11) is -3.70. The lowest BCUT2D eigenvalue weighted by molar-refractivity contribution is 0.477. The van der Waals surface area contributed by atoms with Crippen LogP contribution in [0.4, 0.5) is 0 Å². The molecule has 0 aliphatic rings. The Hall–Kier alpha value is 0.0600. The van der Waals surface area contributed by atoms with Gasteiger partial charge in [-0.15, -0.1) is 0 Å². The van der Waals surface area contributed by atoms with E-state index in [1.807, 2.05) is 13.8 Å². The molecule has 0 radical (unpaired) electrons. The van der Waals surface area contributed by atoms with E-state index in [2.05, 4.69) is 5.32 Å². The third kappa shape index (κ3) is 10.3. The molecule has 0 spiro atoms. The van der Waals surface area contributed by atoms with Gasteiger partial charge in [-0.1, -0.05) is 0 Å². The maximum Gasteiger partial charge on any atom is 0.148 e. The van der Waals surface area contributed by atoms with Crippen molar-refractivity contribution in [2.24, 2.45) is 0 Å². The number of rotatable bonds is 7. The Balaban J connectivity index is 3.86. The fraction of sp³-hybridized carbons (Fsp3) is 1.00. The second kappa shape index (κ2) is 6.60. The molecule has 0 bridgehead atoms. The summed E-state index contributed by atoms with van der Waals surface area (Å²) in [5, 5.41) is 3.18. The van der Waals surface area contributed by atoms with Gasteiger partial charge in [0.05, 0.1) is 5.75 Å².